The number of aliphatic carboxylic acids is 1. The number of hydrogen-bond donors (Lipinski definition) is 2. The number of halogens is 1. The van der Waals surface area contributed by atoms with Crippen molar-refractivity contribution in [3.63, 3.8) is 0 Å². The molecule has 112 valence electrons. The summed E-state index contributed by atoms with van der Waals surface area (Å²) in [4.78, 5) is 10.5. The first kappa shape index (κ1) is 15.8. The van der Waals surface area contributed by atoms with Crippen molar-refractivity contribution in [2.45, 2.75) is 17.1 Å². The molecule has 0 bridgehead atoms. The van der Waals surface area contributed by atoms with E-state index in [1.807, 2.05) is 0 Å². The van der Waals surface area contributed by atoms with Crippen LogP contribution < -0.4 is 4.72 Å². The van der Waals surface area contributed by atoms with Gasteiger partial charge in [0.2, 0.25) is 0 Å². The van der Waals surface area contributed by atoms with Gasteiger partial charge in [-0.2, -0.15) is 0 Å². The molecule has 1 aromatic heterocycles. The molecule has 2 rings (SSSR count). The van der Waals surface area contributed by atoms with Gasteiger partial charge in [-0.05, 0) is 36.2 Å². The van der Waals surface area contributed by atoms with Crippen molar-refractivity contribution in [3.05, 3.63) is 46.3 Å². The first-order valence-electron chi connectivity index (χ1n) is 5.96. The molecule has 0 saturated heterocycles. The van der Waals surface area contributed by atoms with Crippen molar-refractivity contribution >= 4 is 44.6 Å². The van der Waals surface area contributed by atoms with Gasteiger partial charge < -0.3 is 5.11 Å². The summed E-state index contributed by atoms with van der Waals surface area (Å²) in [5.41, 5.74) is 1.25. The predicted octanol–water partition coefficient (Wildman–Crippen LogP) is 3.22. The van der Waals surface area contributed by atoms with E-state index in [2.05, 4.69) is 4.72 Å². The van der Waals surface area contributed by atoms with E-state index in [0.29, 0.717) is 16.4 Å². The van der Waals surface area contributed by atoms with E-state index in [0.717, 1.165) is 16.9 Å². The zero-order chi connectivity index (χ0) is 15.5. The third kappa shape index (κ3) is 4.45. The zero-order valence-corrected chi connectivity index (χ0v) is 13.1. The SMILES string of the molecule is O=C(O)CCc1ccc(NS(=O)(=O)c2ccc(Cl)s2)cc1. The third-order valence-electron chi connectivity index (χ3n) is 2.65. The minimum atomic E-state index is -3.64. The molecule has 0 radical (unpaired) electrons. The van der Waals surface area contributed by atoms with Crippen molar-refractivity contribution in [2.24, 2.45) is 0 Å². The fourth-order valence-corrected chi connectivity index (χ4v) is 4.18. The monoisotopic (exact) mass is 345 g/mol. The number of aryl methyl sites for hydroxylation is 1. The van der Waals surface area contributed by atoms with Gasteiger partial charge in [0.05, 0.1) is 4.34 Å². The Morgan fingerprint density at radius 3 is 2.38 bits per heavy atom. The highest BCUT2D eigenvalue weighted by Gasteiger charge is 2.16. The van der Waals surface area contributed by atoms with Crippen LogP contribution in [0.2, 0.25) is 4.34 Å². The molecule has 0 saturated carbocycles. The predicted molar refractivity (Wildman–Crippen MR) is 82.5 cm³/mol. The van der Waals surface area contributed by atoms with Crippen LogP contribution in [-0.4, -0.2) is 19.5 Å². The lowest BCUT2D eigenvalue weighted by Gasteiger charge is -2.07. The summed E-state index contributed by atoms with van der Waals surface area (Å²) in [6.45, 7) is 0. The first-order chi connectivity index (χ1) is 9.87. The fourth-order valence-electron chi connectivity index (χ4n) is 1.64. The number of nitrogens with one attached hydrogen (secondary N) is 1. The molecular weight excluding hydrogens is 334 g/mol. The van der Waals surface area contributed by atoms with E-state index < -0.39 is 16.0 Å². The third-order valence-corrected chi connectivity index (χ3v) is 5.75. The molecule has 0 fully saturated rings. The number of anilines is 1. The molecule has 1 aromatic carbocycles. The van der Waals surface area contributed by atoms with Crippen molar-refractivity contribution < 1.29 is 18.3 Å². The van der Waals surface area contributed by atoms with Gasteiger partial charge in [0.25, 0.3) is 10.0 Å². The Bertz CT molecular complexity index is 738. The minimum absolute atomic E-state index is 0.0404. The summed E-state index contributed by atoms with van der Waals surface area (Å²) in [6, 6.07) is 9.56. The van der Waals surface area contributed by atoms with Crippen LogP contribution in [0.5, 0.6) is 0 Å². The highest BCUT2D eigenvalue weighted by atomic mass is 35.5. The zero-order valence-electron chi connectivity index (χ0n) is 10.7. The van der Waals surface area contributed by atoms with Gasteiger partial charge in [-0.1, -0.05) is 23.7 Å². The van der Waals surface area contributed by atoms with Gasteiger partial charge in [0.1, 0.15) is 4.21 Å². The van der Waals surface area contributed by atoms with Gasteiger partial charge in [0.15, 0.2) is 0 Å². The normalized spacial score (nSPS) is 11.3. The number of rotatable bonds is 6. The van der Waals surface area contributed by atoms with Gasteiger partial charge in [0, 0.05) is 12.1 Å². The highest BCUT2D eigenvalue weighted by Crippen LogP contribution is 2.27. The quantitative estimate of drug-likeness (QED) is 0.842. The van der Waals surface area contributed by atoms with Crippen LogP contribution >= 0.6 is 22.9 Å². The van der Waals surface area contributed by atoms with Crippen molar-refractivity contribution in [1.29, 1.82) is 0 Å². The van der Waals surface area contributed by atoms with Crippen LogP contribution in [0.15, 0.2) is 40.6 Å². The highest BCUT2D eigenvalue weighted by molar-refractivity contribution is 7.94. The molecule has 0 unspecified atom stereocenters. The number of carboxylic acid groups (broad SMARTS) is 1. The molecule has 0 aliphatic carbocycles. The Kier molecular flexibility index (Phi) is 4.87. The number of thiophene rings is 1. The van der Waals surface area contributed by atoms with Crippen LogP contribution in [0.25, 0.3) is 0 Å². The Morgan fingerprint density at radius 2 is 1.86 bits per heavy atom. The van der Waals surface area contributed by atoms with Crippen molar-refractivity contribution in [2.75, 3.05) is 4.72 Å². The largest absolute Gasteiger partial charge is 0.481 e. The van der Waals surface area contributed by atoms with E-state index in [-0.39, 0.29) is 10.6 Å². The summed E-state index contributed by atoms with van der Waals surface area (Å²) in [7, 11) is -3.64. The summed E-state index contributed by atoms with van der Waals surface area (Å²) < 4.78 is 27.1. The van der Waals surface area contributed by atoms with Crippen LogP contribution in [0.1, 0.15) is 12.0 Å². The minimum Gasteiger partial charge on any atom is -0.481 e. The number of carbonyl (C=O) groups is 1. The first-order valence-corrected chi connectivity index (χ1v) is 8.63. The van der Waals surface area contributed by atoms with Crippen molar-refractivity contribution in [3.8, 4) is 0 Å². The average Bonchev–Trinajstić information content (AvgIpc) is 2.85. The number of benzene rings is 1. The molecule has 1 heterocycles. The lowest BCUT2D eigenvalue weighted by atomic mass is 10.1. The molecule has 0 aliphatic rings. The molecule has 21 heavy (non-hydrogen) atoms. The summed E-state index contributed by atoms with van der Waals surface area (Å²) >= 11 is 6.71. The Morgan fingerprint density at radius 1 is 1.19 bits per heavy atom. The second-order valence-corrected chi connectivity index (χ2v) is 7.88. The van der Waals surface area contributed by atoms with Crippen LogP contribution in [-0.2, 0) is 21.2 Å². The average molecular weight is 346 g/mol. The molecule has 0 amide bonds. The number of hydrogen-bond acceptors (Lipinski definition) is 4. The topological polar surface area (TPSA) is 83.5 Å². The van der Waals surface area contributed by atoms with Crippen molar-refractivity contribution in [1.82, 2.24) is 0 Å². The maximum Gasteiger partial charge on any atom is 0.303 e. The Balaban J connectivity index is 2.08. The molecule has 8 heteroatoms. The van der Waals surface area contributed by atoms with E-state index >= 15 is 0 Å². The van der Waals surface area contributed by atoms with E-state index in [9.17, 15) is 13.2 Å². The number of sulfonamides is 1. The number of carboxylic acids is 1. The lowest BCUT2D eigenvalue weighted by molar-refractivity contribution is -0.136. The molecule has 0 atom stereocenters. The van der Waals surface area contributed by atoms with Gasteiger partial charge >= 0.3 is 5.97 Å². The molecule has 5 nitrogen and oxygen atoms in total. The van der Waals surface area contributed by atoms with Gasteiger partial charge in [-0.15, -0.1) is 11.3 Å². The van der Waals surface area contributed by atoms with E-state index in [1.54, 1.807) is 24.3 Å². The summed E-state index contributed by atoms with van der Waals surface area (Å²) in [6.07, 6.45) is 0.446. The summed E-state index contributed by atoms with van der Waals surface area (Å²) in [5, 5.41) is 8.61. The second-order valence-electron chi connectivity index (χ2n) is 4.25. The molecular formula is C13H12ClNO4S2. The molecule has 0 spiro atoms. The van der Waals surface area contributed by atoms with Crippen LogP contribution in [0.4, 0.5) is 5.69 Å². The molecule has 0 aliphatic heterocycles. The Hall–Kier alpha value is -1.57. The molecule has 2 aromatic rings. The summed E-state index contributed by atoms with van der Waals surface area (Å²) in [5.74, 6) is -0.866. The van der Waals surface area contributed by atoms with E-state index in [4.69, 9.17) is 16.7 Å². The maximum absolute atomic E-state index is 12.1. The second kappa shape index (κ2) is 6.46. The van der Waals surface area contributed by atoms with Crippen LogP contribution in [0.3, 0.4) is 0 Å². The Labute approximate surface area is 131 Å². The van der Waals surface area contributed by atoms with Crippen LogP contribution in [0, 0.1) is 0 Å². The van der Waals surface area contributed by atoms with Gasteiger partial charge in [-0.3, -0.25) is 9.52 Å². The van der Waals surface area contributed by atoms with E-state index in [1.165, 1.54) is 12.1 Å². The van der Waals surface area contributed by atoms with Gasteiger partial charge in [-0.25, -0.2) is 8.42 Å². The fraction of sp³-hybridized carbons (Fsp3) is 0.154. The lowest BCUT2D eigenvalue weighted by Crippen LogP contribution is -2.11. The molecule has 2 N–H and O–H groups in total. The maximum atomic E-state index is 12.1. The smallest absolute Gasteiger partial charge is 0.303 e. The standard InChI is InChI=1S/C13H12ClNO4S2/c14-11-6-8-13(20-11)21(18,19)15-10-4-1-9(2-5-10)3-7-12(16)17/h1-2,4-6,8,15H,3,7H2,(H,16,17).